The molecule has 0 radical (unpaired) electrons. The second kappa shape index (κ2) is 7.69. The molecule has 0 aliphatic heterocycles. The number of halogens is 1. The van der Waals surface area contributed by atoms with Crippen LogP contribution in [0.25, 0.3) is 0 Å². The predicted molar refractivity (Wildman–Crippen MR) is 69.4 cm³/mol. The Hall–Kier alpha value is -0.540. The molecule has 0 fully saturated rings. The van der Waals surface area contributed by atoms with Gasteiger partial charge < -0.3 is 5.32 Å². The van der Waals surface area contributed by atoms with Gasteiger partial charge in [0.1, 0.15) is 5.82 Å². The molecule has 0 unspecified atom stereocenters. The highest BCUT2D eigenvalue weighted by molar-refractivity contribution is 7.99. The fourth-order valence-electron chi connectivity index (χ4n) is 1.44. The molecule has 0 bridgehead atoms. The fraction of sp³-hybridized carbons (Fsp3) is 0.538. The highest BCUT2D eigenvalue weighted by Gasteiger charge is 2.01. The Morgan fingerprint density at radius 3 is 2.69 bits per heavy atom. The largest absolute Gasteiger partial charge is 0.313 e. The zero-order valence-electron chi connectivity index (χ0n) is 10.1. The maximum atomic E-state index is 13.3. The first-order valence-corrected chi connectivity index (χ1v) is 6.87. The van der Waals surface area contributed by atoms with Gasteiger partial charge >= 0.3 is 0 Å². The van der Waals surface area contributed by atoms with Gasteiger partial charge in [-0.1, -0.05) is 13.8 Å². The number of nitrogens with one attached hydrogen (secondary N) is 1. The topological polar surface area (TPSA) is 12.0 Å². The van der Waals surface area contributed by atoms with E-state index in [-0.39, 0.29) is 5.82 Å². The number of rotatable bonds is 7. The van der Waals surface area contributed by atoms with E-state index < -0.39 is 0 Å². The van der Waals surface area contributed by atoms with Crippen molar-refractivity contribution in [3.8, 4) is 0 Å². The molecule has 0 spiro atoms. The summed E-state index contributed by atoms with van der Waals surface area (Å²) in [7, 11) is 0. The molecule has 1 nitrogen and oxygen atoms in total. The van der Waals surface area contributed by atoms with Crippen LogP contribution in [0.1, 0.15) is 32.3 Å². The highest BCUT2D eigenvalue weighted by atomic mass is 32.2. The lowest BCUT2D eigenvalue weighted by atomic mass is 10.2. The lowest BCUT2D eigenvalue weighted by Crippen LogP contribution is -2.13. The fourth-order valence-corrected chi connectivity index (χ4v) is 2.31. The first kappa shape index (κ1) is 13.5. The van der Waals surface area contributed by atoms with Gasteiger partial charge in [-0.3, -0.25) is 0 Å². The maximum absolute atomic E-state index is 13.3. The Morgan fingerprint density at radius 2 is 2.00 bits per heavy atom. The zero-order valence-corrected chi connectivity index (χ0v) is 10.9. The first-order chi connectivity index (χ1) is 7.76. The summed E-state index contributed by atoms with van der Waals surface area (Å²) >= 11 is 1.72. The predicted octanol–water partition coefficient (Wildman–Crippen LogP) is 3.83. The molecule has 1 rings (SSSR count). The van der Waals surface area contributed by atoms with Gasteiger partial charge in [0, 0.05) is 11.4 Å². The van der Waals surface area contributed by atoms with Crippen molar-refractivity contribution in [2.45, 2.75) is 38.1 Å². The molecule has 1 N–H and O–H groups in total. The van der Waals surface area contributed by atoms with Crippen molar-refractivity contribution in [1.29, 1.82) is 0 Å². The second-order valence-corrected chi connectivity index (χ2v) is 4.99. The van der Waals surface area contributed by atoms with E-state index >= 15 is 0 Å². The molecule has 16 heavy (non-hydrogen) atoms. The summed E-state index contributed by atoms with van der Waals surface area (Å²) in [5, 5.41) is 3.29. The van der Waals surface area contributed by atoms with Gasteiger partial charge in [-0.05, 0) is 48.9 Å². The minimum atomic E-state index is -0.130. The number of benzene rings is 1. The van der Waals surface area contributed by atoms with Crippen LogP contribution >= 0.6 is 11.8 Å². The van der Waals surface area contributed by atoms with Crippen LogP contribution in [0.2, 0.25) is 0 Å². The molecule has 0 saturated heterocycles. The van der Waals surface area contributed by atoms with E-state index in [1.165, 1.54) is 0 Å². The van der Waals surface area contributed by atoms with E-state index in [1.54, 1.807) is 23.9 Å². The van der Waals surface area contributed by atoms with Gasteiger partial charge in [-0.25, -0.2) is 4.39 Å². The SMILES string of the molecule is CCCNCc1cc(F)cc(SCCC)c1. The third-order valence-corrected chi connectivity index (χ3v) is 3.34. The summed E-state index contributed by atoms with van der Waals surface area (Å²) in [6.45, 7) is 6.00. The monoisotopic (exact) mass is 241 g/mol. The number of hydrogen-bond acceptors (Lipinski definition) is 2. The maximum Gasteiger partial charge on any atom is 0.124 e. The molecule has 0 saturated carbocycles. The molecular formula is C13H20FNS. The van der Waals surface area contributed by atoms with Crippen LogP contribution < -0.4 is 5.32 Å². The standard InChI is InChI=1S/C13H20FNS/c1-3-5-15-10-11-7-12(14)9-13(8-11)16-6-4-2/h7-9,15H,3-6,10H2,1-2H3. The molecule has 0 aliphatic rings. The molecule has 90 valence electrons. The number of hydrogen-bond donors (Lipinski definition) is 1. The second-order valence-electron chi connectivity index (χ2n) is 3.82. The van der Waals surface area contributed by atoms with E-state index in [2.05, 4.69) is 25.2 Å². The summed E-state index contributed by atoms with van der Waals surface area (Å²) in [4.78, 5) is 1.04. The van der Waals surface area contributed by atoms with Gasteiger partial charge in [0.05, 0.1) is 0 Å². The lowest BCUT2D eigenvalue weighted by Gasteiger charge is -2.06. The van der Waals surface area contributed by atoms with Crippen molar-refractivity contribution in [2.24, 2.45) is 0 Å². The van der Waals surface area contributed by atoms with Crippen LogP contribution in [-0.2, 0) is 6.54 Å². The lowest BCUT2D eigenvalue weighted by molar-refractivity contribution is 0.615. The molecule has 1 aromatic carbocycles. The Bertz CT molecular complexity index is 315. The minimum Gasteiger partial charge on any atom is -0.313 e. The van der Waals surface area contributed by atoms with Crippen molar-refractivity contribution in [1.82, 2.24) is 5.32 Å². The van der Waals surface area contributed by atoms with E-state index in [4.69, 9.17) is 0 Å². The molecule has 0 aliphatic carbocycles. The van der Waals surface area contributed by atoms with Gasteiger partial charge in [0.15, 0.2) is 0 Å². The molecule has 3 heteroatoms. The van der Waals surface area contributed by atoms with Crippen LogP contribution in [0.4, 0.5) is 4.39 Å². The molecule has 0 heterocycles. The highest BCUT2D eigenvalue weighted by Crippen LogP contribution is 2.21. The average molecular weight is 241 g/mol. The van der Waals surface area contributed by atoms with Crippen molar-refractivity contribution >= 4 is 11.8 Å². The van der Waals surface area contributed by atoms with E-state index in [9.17, 15) is 4.39 Å². The molecule has 0 atom stereocenters. The summed E-state index contributed by atoms with van der Waals surface area (Å²) in [5.74, 6) is 0.917. The Morgan fingerprint density at radius 1 is 1.19 bits per heavy atom. The molecule has 0 amide bonds. The third-order valence-electron chi connectivity index (χ3n) is 2.16. The van der Waals surface area contributed by atoms with Crippen molar-refractivity contribution in [3.63, 3.8) is 0 Å². The van der Waals surface area contributed by atoms with Crippen LogP contribution in [0.5, 0.6) is 0 Å². The summed E-state index contributed by atoms with van der Waals surface area (Å²) < 4.78 is 13.3. The van der Waals surface area contributed by atoms with Crippen molar-refractivity contribution in [2.75, 3.05) is 12.3 Å². The van der Waals surface area contributed by atoms with Gasteiger partial charge in [0.25, 0.3) is 0 Å². The van der Waals surface area contributed by atoms with Gasteiger partial charge in [-0.2, -0.15) is 0 Å². The zero-order chi connectivity index (χ0) is 11.8. The number of thioether (sulfide) groups is 1. The summed E-state index contributed by atoms with van der Waals surface area (Å²) in [6.07, 6.45) is 2.22. The normalized spacial score (nSPS) is 10.7. The van der Waals surface area contributed by atoms with E-state index in [0.717, 1.165) is 42.1 Å². The summed E-state index contributed by atoms with van der Waals surface area (Å²) in [6, 6.07) is 5.30. The first-order valence-electron chi connectivity index (χ1n) is 5.89. The van der Waals surface area contributed by atoms with E-state index in [1.807, 2.05) is 0 Å². The Kier molecular flexibility index (Phi) is 6.50. The average Bonchev–Trinajstić information content (AvgIpc) is 2.26. The van der Waals surface area contributed by atoms with Crippen LogP contribution in [-0.4, -0.2) is 12.3 Å². The van der Waals surface area contributed by atoms with Crippen molar-refractivity contribution < 1.29 is 4.39 Å². The van der Waals surface area contributed by atoms with Crippen LogP contribution in [0, 0.1) is 5.82 Å². The summed E-state index contributed by atoms with van der Waals surface area (Å²) in [5.41, 5.74) is 1.03. The van der Waals surface area contributed by atoms with Crippen molar-refractivity contribution in [3.05, 3.63) is 29.6 Å². The smallest absolute Gasteiger partial charge is 0.124 e. The quantitative estimate of drug-likeness (QED) is 0.575. The Labute approximate surface area is 102 Å². The third kappa shape index (κ3) is 4.99. The van der Waals surface area contributed by atoms with E-state index in [0.29, 0.717) is 0 Å². The minimum absolute atomic E-state index is 0.130. The molecular weight excluding hydrogens is 221 g/mol. The molecule has 1 aromatic rings. The van der Waals surface area contributed by atoms with Crippen LogP contribution in [0.15, 0.2) is 23.1 Å². The Balaban J connectivity index is 2.58. The van der Waals surface area contributed by atoms with Gasteiger partial charge in [-0.15, -0.1) is 11.8 Å². The van der Waals surface area contributed by atoms with Gasteiger partial charge in [0.2, 0.25) is 0 Å². The molecule has 0 aromatic heterocycles. The van der Waals surface area contributed by atoms with Crippen LogP contribution in [0.3, 0.4) is 0 Å².